The normalized spacial score (nSPS) is 11.4. The number of hydrogen-bond donors (Lipinski definition) is 3. The van der Waals surface area contributed by atoms with Gasteiger partial charge in [0.15, 0.2) is 10.2 Å². The highest BCUT2D eigenvalue weighted by Gasteiger charge is 2.16. The monoisotopic (exact) mass is 460 g/mol. The van der Waals surface area contributed by atoms with Crippen molar-refractivity contribution in [2.24, 2.45) is 10.2 Å². The second-order valence-electron chi connectivity index (χ2n) is 6.90. The summed E-state index contributed by atoms with van der Waals surface area (Å²) in [6, 6.07) is 29.3. The Balaban J connectivity index is 1.97. The maximum Gasteiger partial charge on any atom is 0.191 e. The molecular formula is C24H24N6S2. The molecule has 0 aromatic heterocycles. The molecule has 0 saturated heterocycles. The van der Waals surface area contributed by atoms with E-state index in [-0.39, 0.29) is 0 Å². The summed E-state index contributed by atoms with van der Waals surface area (Å²) < 4.78 is 0. The first kappa shape index (κ1) is 23.1. The Kier molecular flexibility index (Phi) is 8.42. The van der Waals surface area contributed by atoms with Crippen LogP contribution in [0, 0.1) is 0 Å². The van der Waals surface area contributed by atoms with Crippen LogP contribution in [0.15, 0.2) is 101 Å². The molecule has 0 spiro atoms. The molecule has 6 nitrogen and oxygen atoms in total. The van der Waals surface area contributed by atoms with Gasteiger partial charge in [0.25, 0.3) is 0 Å². The molecule has 3 aromatic carbocycles. The Morgan fingerprint density at radius 1 is 0.656 bits per heavy atom. The average Bonchev–Trinajstić information content (AvgIpc) is 2.82. The summed E-state index contributed by atoms with van der Waals surface area (Å²) in [6.07, 6.45) is 0. The molecule has 0 unspecified atom stereocenters. The lowest BCUT2D eigenvalue weighted by Gasteiger charge is -2.16. The maximum absolute atomic E-state index is 5.44. The van der Waals surface area contributed by atoms with Crippen molar-refractivity contribution in [2.75, 3.05) is 19.4 Å². The molecule has 8 heteroatoms. The minimum absolute atomic E-state index is 0.369. The first-order valence-electron chi connectivity index (χ1n) is 9.90. The fourth-order valence-corrected chi connectivity index (χ4v) is 2.90. The number of nitrogens with zero attached hydrogens (tertiary/aromatic N) is 3. The summed E-state index contributed by atoms with van der Waals surface area (Å²) in [7, 11) is 3.71. The fraction of sp³-hybridized carbons (Fsp3) is 0.0833. The van der Waals surface area contributed by atoms with Gasteiger partial charge in [-0.2, -0.15) is 10.2 Å². The predicted molar refractivity (Wildman–Crippen MR) is 141 cm³/mol. The molecule has 162 valence electrons. The molecule has 0 radical (unpaired) electrons. The molecule has 0 aliphatic rings. The van der Waals surface area contributed by atoms with Crippen LogP contribution in [0.1, 0.15) is 11.1 Å². The lowest BCUT2D eigenvalue weighted by Crippen LogP contribution is -2.33. The zero-order valence-corrected chi connectivity index (χ0v) is 19.5. The number of hydrogen-bond acceptors (Lipinski definition) is 4. The number of thiocarbonyl (C=S) groups is 2. The fourth-order valence-electron chi connectivity index (χ4n) is 2.69. The Labute approximate surface area is 199 Å². The van der Waals surface area contributed by atoms with E-state index in [1.165, 1.54) is 0 Å². The Morgan fingerprint density at radius 2 is 1.09 bits per heavy atom. The number of nitrogens with one attached hydrogen (secondary N) is 3. The number of anilines is 1. The van der Waals surface area contributed by atoms with Gasteiger partial charge in [-0.1, -0.05) is 78.9 Å². The highest BCUT2D eigenvalue weighted by molar-refractivity contribution is 7.80. The van der Waals surface area contributed by atoms with E-state index in [1.54, 1.807) is 4.90 Å². The molecule has 0 amide bonds. The van der Waals surface area contributed by atoms with Crippen molar-refractivity contribution >= 4 is 51.8 Å². The molecule has 0 heterocycles. The molecule has 3 rings (SSSR count). The third-order valence-electron chi connectivity index (χ3n) is 4.29. The second kappa shape index (κ2) is 11.7. The minimum atomic E-state index is 0.369. The van der Waals surface area contributed by atoms with Gasteiger partial charge in [-0.25, -0.2) is 0 Å². The highest BCUT2D eigenvalue weighted by Crippen LogP contribution is 2.11. The van der Waals surface area contributed by atoms with E-state index in [2.05, 4.69) is 26.4 Å². The Bertz CT molecular complexity index is 1100. The van der Waals surface area contributed by atoms with Crippen LogP contribution in [0.4, 0.5) is 5.69 Å². The predicted octanol–water partition coefficient (Wildman–Crippen LogP) is 4.22. The molecule has 32 heavy (non-hydrogen) atoms. The van der Waals surface area contributed by atoms with Crippen LogP contribution in [0.2, 0.25) is 0 Å². The van der Waals surface area contributed by atoms with E-state index in [1.807, 2.05) is 105 Å². The van der Waals surface area contributed by atoms with Crippen molar-refractivity contribution in [1.82, 2.24) is 15.8 Å². The molecule has 0 atom stereocenters. The summed E-state index contributed by atoms with van der Waals surface area (Å²) >= 11 is 10.8. The zero-order chi connectivity index (χ0) is 22.8. The van der Waals surface area contributed by atoms with Gasteiger partial charge in [0.05, 0.1) is 0 Å². The van der Waals surface area contributed by atoms with Gasteiger partial charge in [0, 0.05) is 30.9 Å². The zero-order valence-electron chi connectivity index (χ0n) is 17.8. The van der Waals surface area contributed by atoms with Crippen molar-refractivity contribution in [3.05, 3.63) is 102 Å². The van der Waals surface area contributed by atoms with Gasteiger partial charge in [0.1, 0.15) is 11.4 Å². The summed E-state index contributed by atoms with van der Waals surface area (Å²) in [4.78, 5) is 1.78. The van der Waals surface area contributed by atoms with Gasteiger partial charge < -0.3 is 10.2 Å². The van der Waals surface area contributed by atoms with Gasteiger partial charge in [0.2, 0.25) is 0 Å². The van der Waals surface area contributed by atoms with E-state index in [0.29, 0.717) is 21.6 Å². The number of benzene rings is 3. The van der Waals surface area contributed by atoms with Gasteiger partial charge in [-0.15, -0.1) is 0 Å². The van der Waals surface area contributed by atoms with Crippen molar-refractivity contribution in [1.29, 1.82) is 0 Å². The largest absolute Gasteiger partial charge is 0.354 e. The van der Waals surface area contributed by atoms with Crippen molar-refractivity contribution in [3.63, 3.8) is 0 Å². The van der Waals surface area contributed by atoms with Gasteiger partial charge >= 0.3 is 0 Å². The lowest BCUT2D eigenvalue weighted by molar-refractivity contribution is 0.606. The van der Waals surface area contributed by atoms with Gasteiger partial charge in [-0.3, -0.25) is 10.9 Å². The summed E-state index contributed by atoms with van der Waals surface area (Å²) in [5, 5.41) is 13.2. The first-order valence-corrected chi connectivity index (χ1v) is 10.7. The van der Waals surface area contributed by atoms with Crippen molar-refractivity contribution < 1.29 is 0 Å². The van der Waals surface area contributed by atoms with E-state index < -0.39 is 0 Å². The molecular weight excluding hydrogens is 436 g/mol. The Hall–Kier alpha value is -3.62. The highest BCUT2D eigenvalue weighted by atomic mass is 32.1. The van der Waals surface area contributed by atoms with Crippen molar-refractivity contribution in [2.45, 2.75) is 0 Å². The lowest BCUT2D eigenvalue weighted by atomic mass is 10.00. The second-order valence-corrected chi connectivity index (χ2v) is 7.69. The minimum Gasteiger partial charge on any atom is -0.354 e. The third kappa shape index (κ3) is 6.69. The number of rotatable bonds is 6. The number of hydrazone groups is 2. The van der Waals surface area contributed by atoms with Crippen LogP contribution in [0.25, 0.3) is 0 Å². The SMILES string of the molecule is CN(C)C(=S)N/N=C(/C(=N/NC(=S)Nc1ccccc1)c1ccccc1)c1ccccc1. The average molecular weight is 461 g/mol. The summed E-state index contributed by atoms with van der Waals surface area (Å²) in [5.74, 6) is 0. The summed E-state index contributed by atoms with van der Waals surface area (Å²) in [6.45, 7) is 0. The van der Waals surface area contributed by atoms with Crippen LogP contribution in [0.3, 0.4) is 0 Å². The van der Waals surface area contributed by atoms with Crippen LogP contribution in [-0.4, -0.2) is 40.6 Å². The van der Waals surface area contributed by atoms with Crippen LogP contribution < -0.4 is 16.2 Å². The smallest absolute Gasteiger partial charge is 0.191 e. The van der Waals surface area contributed by atoms with Crippen LogP contribution in [-0.2, 0) is 0 Å². The molecule has 0 aliphatic carbocycles. The number of para-hydroxylation sites is 1. The molecule has 3 aromatic rings. The summed E-state index contributed by atoms with van der Waals surface area (Å²) in [5.41, 5.74) is 9.76. The molecule has 0 aliphatic heterocycles. The van der Waals surface area contributed by atoms with Crippen LogP contribution in [0.5, 0.6) is 0 Å². The topological polar surface area (TPSA) is 64.0 Å². The molecule has 3 N–H and O–H groups in total. The quantitative estimate of drug-likeness (QED) is 0.291. The van der Waals surface area contributed by atoms with Crippen LogP contribution >= 0.6 is 24.4 Å². The molecule has 0 bridgehead atoms. The van der Waals surface area contributed by atoms with E-state index in [4.69, 9.17) is 24.4 Å². The van der Waals surface area contributed by atoms with Crippen molar-refractivity contribution in [3.8, 4) is 0 Å². The molecule has 0 saturated carbocycles. The molecule has 0 fully saturated rings. The standard InChI is InChI=1S/C24H24N6S2/c1-30(2)24(32)29-27-22(19-14-8-4-9-15-19)21(18-12-6-3-7-13-18)26-28-23(31)25-20-16-10-5-11-17-20/h3-17H,1-2H3,(H,29,32)(H2,25,28,31)/b26-21+,27-22+. The van der Waals surface area contributed by atoms with E-state index in [9.17, 15) is 0 Å². The third-order valence-corrected chi connectivity index (χ3v) is 4.94. The maximum atomic E-state index is 5.44. The Morgan fingerprint density at radius 3 is 1.56 bits per heavy atom. The van der Waals surface area contributed by atoms with Gasteiger partial charge in [-0.05, 0) is 36.6 Å². The van der Waals surface area contributed by atoms with E-state index >= 15 is 0 Å². The van der Waals surface area contributed by atoms with E-state index in [0.717, 1.165) is 16.8 Å². The first-order chi connectivity index (χ1) is 15.5.